The van der Waals surface area contributed by atoms with Gasteiger partial charge < -0.3 is 14.7 Å². The molecule has 4 rings (SSSR count). The van der Waals surface area contributed by atoms with E-state index in [9.17, 15) is 9.90 Å². The fourth-order valence-corrected chi connectivity index (χ4v) is 3.80. The summed E-state index contributed by atoms with van der Waals surface area (Å²) in [6.07, 6.45) is 10.3. The lowest BCUT2D eigenvalue weighted by molar-refractivity contribution is -0.124. The zero-order valence-corrected chi connectivity index (χ0v) is 15.5. The highest BCUT2D eigenvalue weighted by Gasteiger charge is 2.29. The molecule has 2 heterocycles. The van der Waals surface area contributed by atoms with Gasteiger partial charge in [0, 0.05) is 43.9 Å². The first kappa shape index (κ1) is 18.0. The minimum Gasteiger partial charge on any atom is -0.493 e. The first-order valence-electron chi connectivity index (χ1n) is 9.62. The molecule has 3 aliphatic rings. The van der Waals surface area contributed by atoms with Crippen molar-refractivity contribution in [1.82, 2.24) is 9.80 Å². The maximum absolute atomic E-state index is 11.8. The third kappa shape index (κ3) is 4.49. The second-order valence-corrected chi connectivity index (χ2v) is 7.48. The molecule has 0 amide bonds. The maximum Gasteiger partial charge on any atom is 0.187 e. The van der Waals surface area contributed by atoms with E-state index >= 15 is 0 Å². The van der Waals surface area contributed by atoms with Crippen LogP contribution in [0.5, 0.6) is 5.75 Å². The highest BCUT2D eigenvalue weighted by Crippen LogP contribution is 2.22. The largest absolute Gasteiger partial charge is 0.493 e. The Balaban J connectivity index is 1.34. The SMILES string of the molecule is O=C1C=C2CN(Cc3cccc(OC[C@@H]4C=CC=CC4)c3)CCN2C[C@@H]1O. The fourth-order valence-electron chi connectivity index (χ4n) is 3.80. The molecule has 0 saturated carbocycles. The molecule has 0 spiro atoms. The number of allylic oxidation sites excluding steroid dienone is 3. The molecule has 5 heteroatoms. The zero-order chi connectivity index (χ0) is 18.6. The van der Waals surface area contributed by atoms with E-state index < -0.39 is 6.10 Å². The molecular weight excluding hydrogens is 340 g/mol. The first-order valence-corrected chi connectivity index (χ1v) is 9.62. The van der Waals surface area contributed by atoms with Crippen LogP contribution < -0.4 is 4.74 Å². The predicted molar refractivity (Wildman–Crippen MR) is 104 cm³/mol. The van der Waals surface area contributed by atoms with E-state index in [1.807, 2.05) is 12.1 Å². The van der Waals surface area contributed by atoms with Gasteiger partial charge in [0.05, 0.1) is 13.2 Å². The van der Waals surface area contributed by atoms with Crippen molar-refractivity contribution < 1.29 is 14.6 Å². The van der Waals surface area contributed by atoms with Crippen LogP contribution in [0, 0.1) is 5.92 Å². The Hall–Kier alpha value is -2.37. The summed E-state index contributed by atoms with van der Waals surface area (Å²) in [6, 6.07) is 8.27. The van der Waals surface area contributed by atoms with Crippen molar-refractivity contribution in [2.24, 2.45) is 5.92 Å². The lowest BCUT2D eigenvalue weighted by Crippen LogP contribution is -2.50. The van der Waals surface area contributed by atoms with Crippen LogP contribution in [-0.4, -0.2) is 59.6 Å². The minimum atomic E-state index is -0.872. The summed E-state index contributed by atoms with van der Waals surface area (Å²) in [5.41, 5.74) is 2.23. The van der Waals surface area contributed by atoms with Crippen LogP contribution in [0.2, 0.25) is 0 Å². The summed E-state index contributed by atoms with van der Waals surface area (Å²) < 4.78 is 5.99. The molecule has 0 bridgehead atoms. The standard InChI is InChI=1S/C22H26N2O3/c25-21-12-19-14-23(9-10-24(19)15-22(21)26)13-18-7-4-8-20(11-18)27-16-17-5-2-1-3-6-17/h1-5,7-8,11-12,17,22,26H,6,9-10,13-16H2/t17-,22+/m1/s1. The Morgan fingerprint density at radius 2 is 2.15 bits per heavy atom. The van der Waals surface area contributed by atoms with E-state index in [1.54, 1.807) is 6.08 Å². The van der Waals surface area contributed by atoms with E-state index in [-0.39, 0.29) is 5.78 Å². The second-order valence-electron chi connectivity index (χ2n) is 7.48. The third-order valence-corrected chi connectivity index (χ3v) is 5.35. The average Bonchev–Trinajstić information content (AvgIpc) is 2.69. The lowest BCUT2D eigenvalue weighted by Gasteiger charge is -2.40. The Labute approximate surface area is 160 Å². The number of piperazine rings is 1. The molecule has 0 radical (unpaired) electrons. The highest BCUT2D eigenvalue weighted by molar-refractivity contribution is 5.95. The van der Waals surface area contributed by atoms with Crippen molar-refractivity contribution in [1.29, 1.82) is 0 Å². The Bertz CT molecular complexity index is 784. The van der Waals surface area contributed by atoms with Crippen LogP contribution in [0.4, 0.5) is 0 Å². The van der Waals surface area contributed by atoms with Crippen LogP contribution in [0.1, 0.15) is 12.0 Å². The first-order chi connectivity index (χ1) is 13.2. The number of rotatable bonds is 5. The molecule has 1 saturated heterocycles. The number of carbonyl (C=O) groups excluding carboxylic acids is 1. The van der Waals surface area contributed by atoms with Gasteiger partial charge in [0.15, 0.2) is 5.78 Å². The molecule has 1 aliphatic carbocycles. The summed E-state index contributed by atoms with van der Waals surface area (Å²) >= 11 is 0. The summed E-state index contributed by atoms with van der Waals surface area (Å²) in [4.78, 5) is 16.2. The maximum atomic E-state index is 11.8. The zero-order valence-electron chi connectivity index (χ0n) is 15.5. The highest BCUT2D eigenvalue weighted by atomic mass is 16.5. The molecule has 5 nitrogen and oxygen atoms in total. The van der Waals surface area contributed by atoms with Crippen LogP contribution in [-0.2, 0) is 11.3 Å². The average molecular weight is 366 g/mol. The van der Waals surface area contributed by atoms with Gasteiger partial charge in [-0.25, -0.2) is 0 Å². The van der Waals surface area contributed by atoms with Gasteiger partial charge in [0.25, 0.3) is 0 Å². The third-order valence-electron chi connectivity index (χ3n) is 5.35. The van der Waals surface area contributed by atoms with Gasteiger partial charge in [-0.1, -0.05) is 36.4 Å². The summed E-state index contributed by atoms with van der Waals surface area (Å²) in [5.74, 6) is 1.17. The predicted octanol–water partition coefficient (Wildman–Crippen LogP) is 2.14. The van der Waals surface area contributed by atoms with Crippen molar-refractivity contribution in [2.45, 2.75) is 19.1 Å². The van der Waals surface area contributed by atoms with Crippen molar-refractivity contribution in [3.63, 3.8) is 0 Å². The van der Waals surface area contributed by atoms with Gasteiger partial charge in [-0.2, -0.15) is 0 Å². The van der Waals surface area contributed by atoms with Crippen LogP contribution in [0.3, 0.4) is 0 Å². The van der Waals surface area contributed by atoms with E-state index in [0.29, 0.717) is 19.1 Å². The van der Waals surface area contributed by atoms with Crippen molar-refractivity contribution >= 4 is 5.78 Å². The van der Waals surface area contributed by atoms with Gasteiger partial charge in [-0.05, 0) is 24.1 Å². The topological polar surface area (TPSA) is 53.0 Å². The molecule has 2 atom stereocenters. The molecule has 0 aromatic heterocycles. The Kier molecular flexibility index (Phi) is 5.41. The molecular formula is C22H26N2O3. The monoisotopic (exact) mass is 366 g/mol. The molecule has 27 heavy (non-hydrogen) atoms. The number of nitrogens with zero attached hydrogens (tertiary/aromatic N) is 2. The van der Waals surface area contributed by atoms with E-state index in [1.165, 1.54) is 5.56 Å². The Morgan fingerprint density at radius 1 is 1.22 bits per heavy atom. The number of benzene rings is 1. The normalized spacial score (nSPS) is 25.3. The fraction of sp³-hybridized carbons (Fsp3) is 0.409. The molecule has 1 N–H and O–H groups in total. The van der Waals surface area contributed by atoms with Gasteiger partial charge in [-0.15, -0.1) is 0 Å². The number of fused-ring (bicyclic) bond motifs is 1. The number of ketones is 1. The van der Waals surface area contributed by atoms with Crippen molar-refractivity contribution in [2.75, 3.05) is 32.8 Å². The second kappa shape index (κ2) is 8.11. The molecule has 1 fully saturated rings. The molecule has 1 aromatic rings. The minimum absolute atomic E-state index is 0.176. The number of hydrogen-bond donors (Lipinski definition) is 1. The number of hydrogen-bond acceptors (Lipinski definition) is 5. The van der Waals surface area contributed by atoms with Crippen LogP contribution in [0.15, 0.2) is 60.3 Å². The number of ether oxygens (including phenoxy) is 1. The summed E-state index contributed by atoms with van der Waals surface area (Å²) in [5, 5.41) is 9.72. The smallest absolute Gasteiger partial charge is 0.187 e. The van der Waals surface area contributed by atoms with Crippen molar-refractivity contribution in [3.8, 4) is 5.75 Å². The summed E-state index contributed by atoms with van der Waals surface area (Å²) in [6.45, 7) is 4.44. The van der Waals surface area contributed by atoms with Gasteiger partial charge in [0.2, 0.25) is 0 Å². The number of aliphatic hydroxyl groups excluding tert-OH is 1. The number of carbonyl (C=O) groups is 1. The van der Waals surface area contributed by atoms with E-state index in [4.69, 9.17) is 4.74 Å². The van der Waals surface area contributed by atoms with Gasteiger partial charge in [-0.3, -0.25) is 9.69 Å². The quantitative estimate of drug-likeness (QED) is 0.865. The van der Waals surface area contributed by atoms with Crippen LogP contribution in [0.25, 0.3) is 0 Å². The number of aliphatic hydroxyl groups is 1. The molecule has 142 valence electrons. The van der Waals surface area contributed by atoms with E-state index in [2.05, 4.69) is 46.2 Å². The van der Waals surface area contributed by atoms with Crippen molar-refractivity contribution in [3.05, 3.63) is 65.9 Å². The molecule has 1 aromatic carbocycles. The van der Waals surface area contributed by atoms with E-state index in [0.717, 1.165) is 44.0 Å². The van der Waals surface area contributed by atoms with Gasteiger partial charge >= 0.3 is 0 Å². The summed E-state index contributed by atoms with van der Waals surface area (Å²) in [7, 11) is 0. The van der Waals surface area contributed by atoms with Gasteiger partial charge in [0.1, 0.15) is 11.9 Å². The molecule has 0 unspecified atom stereocenters. The van der Waals surface area contributed by atoms with Crippen LogP contribution >= 0.6 is 0 Å². The lowest BCUT2D eigenvalue weighted by atomic mass is 10.0. The Morgan fingerprint density at radius 3 is 3.00 bits per heavy atom. The molecule has 2 aliphatic heterocycles.